The summed E-state index contributed by atoms with van der Waals surface area (Å²) < 4.78 is 5.42. The number of anilines is 1. The first-order chi connectivity index (χ1) is 8.50. The second kappa shape index (κ2) is 6.16. The molecule has 5 heteroatoms. The van der Waals surface area contributed by atoms with Crippen LogP contribution in [0.2, 0.25) is 5.15 Å². The molecule has 1 aliphatic heterocycles. The molecule has 0 atom stereocenters. The quantitative estimate of drug-likeness (QED) is 0.737. The maximum Gasteiger partial charge on any atom is 0.258 e. The van der Waals surface area contributed by atoms with Crippen LogP contribution in [0.25, 0.3) is 0 Å². The Bertz CT molecular complexity index is 404. The summed E-state index contributed by atoms with van der Waals surface area (Å²) in [6, 6.07) is 3.46. The molecule has 0 bridgehead atoms. The van der Waals surface area contributed by atoms with Crippen molar-refractivity contribution in [3.05, 3.63) is 23.5 Å². The molecule has 0 aromatic carbocycles. The van der Waals surface area contributed by atoms with Crippen LogP contribution in [0.3, 0.4) is 0 Å². The average molecular weight is 271 g/mol. The summed E-state index contributed by atoms with van der Waals surface area (Å²) in [6.07, 6.45) is 1.60. The van der Waals surface area contributed by atoms with Gasteiger partial charge in [-0.05, 0) is 26.0 Å². The molecule has 0 radical (unpaired) electrons. The molecule has 4 nitrogen and oxygen atoms in total. The largest absolute Gasteiger partial charge is 0.364 e. The molecular weight excluding hydrogens is 252 g/mol. The lowest BCUT2D eigenvalue weighted by Gasteiger charge is -2.36. The van der Waals surface area contributed by atoms with Crippen LogP contribution >= 0.6 is 11.6 Å². The molecule has 0 spiro atoms. The monoisotopic (exact) mass is 270 g/mol. The Kier molecular flexibility index (Phi) is 5.11. The minimum atomic E-state index is -0.766. The van der Waals surface area contributed by atoms with E-state index in [1.54, 1.807) is 37.1 Å². The molecule has 1 fully saturated rings. The third-order valence-corrected chi connectivity index (χ3v) is 2.79. The number of pyridine rings is 1. The third kappa shape index (κ3) is 3.21. The van der Waals surface area contributed by atoms with E-state index in [9.17, 15) is 4.79 Å². The number of ether oxygens (including phenoxy) is 1. The molecular formula is C13H19ClN2O2. The molecule has 1 amide bonds. The molecule has 0 saturated carbocycles. The lowest BCUT2D eigenvalue weighted by atomic mass is 10.1. The van der Waals surface area contributed by atoms with Crippen molar-refractivity contribution in [3.8, 4) is 0 Å². The van der Waals surface area contributed by atoms with Crippen molar-refractivity contribution in [2.45, 2.75) is 33.3 Å². The van der Waals surface area contributed by atoms with Crippen LogP contribution in [0.5, 0.6) is 0 Å². The number of nitrogens with zero attached hydrogens (tertiary/aromatic N) is 2. The van der Waals surface area contributed by atoms with Gasteiger partial charge in [-0.3, -0.25) is 4.79 Å². The summed E-state index contributed by atoms with van der Waals surface area (Å²) >= 11 is 5.70. The van der Waals surface area contributed by atoms with E-state index in [0.29, 0.717) is 18.3 Å². The van der Waals surface area contributed by atoms with Gasteiger partial charge in [0.05, 0.1) is 18.5 Å². The van der Waals surface area contributed by atoms with Crippen LogP contribution in [0.1, 0.15) is 27.7 Å². The first-order valence-corrected chi connectivity index (χ1v) is 6.46. The zero-order valence-corrected chi connectivity index (χ0v) is 12.0. The van der Waals surface area contributed by atoms with Crippen LogP contribution in [0.15, 0.2) is 18.3 Å². The van der Waals surface area contributed by atoms with Crippen molar-refractivity contribution < 1.29 is 9.53 Å². The summed E-state index contributed by atoms with van der Waals surface area (Å²) in [5.74, 6) is -0.0529. The van der Waals surface area contributed by atoms with Crippen molar-refractivity contribution in [3.63, 3.8) is 0 Å². The standard InChI is InChI=1S/C11H13ClN2O2.C2H6/c1-11(2)10(15)14(5-6-16-11)8-3-4-9(12)13-7-8;1-2/h3-4,7H,5-6H2,1-2H3;1-2H3. The normalized spacial score (nSPS) is 18.1. The van der Waals surface area contributed by atoms with Gasteiger partial charge in [0.2, 0.25) is 0 Å². The Hall–Kier alpha value is -1.13. The number of amides is 1. The van der Waals surface area contributed by atoms with E-state index in [1.807, 2.05) is 13.8 Å². The van der Waals surface area contributed by atoms with Gasteiger partial charge in [0.1, 0.15) is 10.8 Å². The van der Waals surface area contributed by atoms with Crippen molar-refractivity contribution in [2.75, 3.05) is 18.1 Å². The minimum absolute atomic E-state index is 0.0529. The molecule has 0 N–H and O–H groups in total. The fourth-order valence-electron chi connectivity index (χ4n) is 1.65. The number of rotatable bonds is 1. The Morgan fingerprint density at radius 1 is 1.39 bits per heavy atom. The molecule has 1 aromatic rings. The second-order valence-electron chi connectivity index (χ2n) is 4.15. The zero-order chi connectivity index (χ0) is 13.8. The fourth-order valence-corrected chi connectivity index (χ4v) is 1.77. The lowest BCUT2D eigenvalue weighted by molar-refractivity contribution is -0.144. The van der Waals surface area contributed by atoms with Crippen molar-refractivity contribution in [1.29, 1.82) is 0 Å². The molecule has 100 valence electrons. The number of hydrogen-bond acceptors (Lipinski definition) is 3. The maximum absolute atomic E-state index is 12.1. The first-order valence-electron chi connectivity index (χ1n) is 6.08. The minimum Gasteiger partial charge on any atom is -0.364 e. The van der Waals surface area contributed by atoms with Crippen molar-refractivity contribution in [2.24, 2.45) is 0 Å². The van der Waals surface area contributed by atoms with Gasteiger partial charge in [-0.1, -0.05) is 25.4 Å². The highest BCUT2D eigenvalue weighted by molar-refractivity contribution is 6.29. The van der Waals surface area contributed by atoms with Crippen LogP contribution in [-0.2, 0) is 9.53 Å². The van der Waals surface area contributed by atoms with Crippen molar-refractivity contribution in [1.82, 2.24) is 4.98 Å². The van der Waals surface area contributed by atoms with Gasteiger partial charge in [0, 0.05) is 6.54 Å². The number of carbonyl (C=O) groups is 1. The Morgan fingerprint density at radius 2 is 2.06 bits per heavy atom. The van der Waals surface area contributed by atoms with Gasteiger partial charge < -0.3 is 9.64 Å². The SMILES string of the molecule is CC.CC1(C)OCCN(c2ccc(Cl)nc2)C1=O. The molecule has 0 unspecified atom stereocenters. The molecule has 1 aliphatic rings. The molecule has 1 saturated heterocycles. The van der Waals surface area contributed by atoms with E-state index in [2.05, 4.69) is 4.98 Å². The number of halogens is 1. The maximum atomic E-state index is 12.1. The summed E-state index contributed by atoms with van der Waals surface area (Å²) in [4.78, 5) is 17.7. The Balaban J connectivity index is 0.000000771. The van der Waals surface area contributed by atoms with Crippen LogP contribution in [0, 0.1) is 0 Å². The van der Waals surface area contributed by atoms with Gasteiger partial charge in [0.25, 0.3) is 5.91 Å². The average Bonchev–Trinajstić information content (AvgIpc) is 2.36. The van der Waals surface area contributed by atoms with E-state index in [4.69, 9.17) is 16.3 Å². The lowest BCUT2D eigenvalue weighted by Crippen LogP contribution is -2.53. The fraction of sp³-hybridized carbons (Fsp3) is 0.538. The summed E-state index contributed by atoms with van der Waals surface area (Å²) in [5.41, 5.74) is -0.0106. The van der Waals surface area contributed by atoms with E-state index in [1.165, 1.54) is 0 Å². The van der Waals surface area contributed by atoms with Crippen molar-refractivity contribution >= 4 is 23.2 Å². The summed E-state index contributed by atoms with van der Waals surface area (Å²) in [5, 5.41) is 0.420. The Labute approximate surface area is 113 Å². The van der Waals surface area contributed by atoms with Crippen LogP contribution < -0.4 is 4.90 Å². The van der Waals surface area contributed by atoms with Crippen LogP contribution in [0.4, 0.5) is 5.69 Å². The van der Waals surface area contributed by atoms with Gasteiger partial charge in [-0.15, -0.1) is 0 Å². The highest BCUT2D eigenvalue weighted by Gasteiger charge is 2.37. The summed E-state index contributed by atoms with van der Waals surface area (Å²) in [7, 11) is 0. The molecule has 18 heavy (non-hydrogen) atoms. The van der Waals surface area contributed by atoms with Gasteiger partial charge in [0.15, 0.2) is 0 Å². The van der Waals surface area contributed by atoms with Crippen LogP contribution in [-0.4, -0.2) is 29.6 Å². The summed E-state index contributed by atoms with van der Waals surface area (Å²) in [6.45, 7) is 8.61. The Morgan fingerprint density at radius 3 is 2.61 bits per heavy atom. The predicted molar refractivity (Wildman–Crippen MR) is 73.0 cm³/mol. The van der Waals surface area contributed by atoms with E-state index in [-0.39, 0.29) is 5.91 Å². The highest BCUT2D eigenvalue weighted by Crippen LogP contribution is 2.24. The van der Waals surface area contributed by atoms with Gasteiger partial charge >= 0.3 is 0 Å². The smallest absolute Gasteiger partial charge is 0.258 e. The zero-order valence-electron chi connectivity index (χ0n) is 11.2. The molecule has 0 aliphatic carbocycles. The number of hydrogen-bond donors (Lipinski definition) is 0. The number of aromatic nitrogens is 1. The van der Waals surface area contributed by atoms with E-state index in [0.717, 1.165) is 5.69 Å². The van der Waals surface area contributed by atoms with Gasteiger partial charge in [-0.25, -0.2) is 4.98 Å². The highest BCUT2D eigenvalue weighted by atomic mass is 35.5. The molecule has 2 heterocycles. The predicted octanol–water partition coefficient (Wildman–Crippen LogP) is 2.90. The number of morpholine rings is 1. The second-order valence-corrected chi connectivity index (χ2v) is 4.54. The topological polar surface area (TPSA) is 42.4 Å². The van der Waals surface area contributed by atoms with E-state index < -0.39 is 5.60 Å². The first kappa shape index (κ1) is 14.9. The molecule has 2 rings (SSSR count). The van der Waals surface area contributed by atoms with Gasteiger partial charge in [-0.2, -0.15) is 0 Å². The molecule has 1 aromatic heterocycles. The van der Waals surface area contributed by atoms with E-state index >= 15 is 0 Å². The number of carbonyl (C=O) groups excluding carboxylic acids is 1. The third-order valence-electron chi connectivity index (χ3n) is 2.56.